The number of benzene rings is 6. The second-order valence-electron chi connectivity index (χ2n) is 13.1. The molecule has 5 heteroatoms. The van der Waals surface area contributed by atoms with Gasteiger partial charge in [-0.15, -0.1) is 0 Å². The highest BCUT2D eigenvalue weighted by Gasteiger charge is 2.45. The van der Waals surface area contributed by atoms with Crippen LogP contribution in [0.2, 0.25) is 0 Å². The highest BCUT2D eigenvalue weighted by molar-refractivity contribution is 6.10. The van der Waals surface area contributed by atoms with E-state index in [4.69, 9.17) is 9.47 Å². The third kappa shape index (κ3) is 6.10. The van der Waals surface area contributed by atoms with Crippen molar-refractivity contribution in [2.24, 2.45) is 0 Å². The van der Waals surface area contributed by atoms with Crippen LogP contribution in [0.4, 0.5) is 0 Å². The minimum atomic E-state index is -0.534. The molecule has 53 heavy (non-hydrogen) atoms. The maximum Gasteiger partial charge on any atom is 0.211 e. The summed E-state index contributed by atoms with van der Waals surface area (Å²) in [6.45, 7) is 4.67. The molecule has 0 spiro atoms. The number of hydrogen-bond donors (Lipinski definition) is 0. The fourth-order valence-electron chi connectivity index (χ4n) is 7.45. The van der Waals surface area contributed by atoms with E-state index in [9.17, 15) is 9.59 Å². The maximum atomic E-state index is 13.4. The van der Waals surface area contributed by atoms with Crippen molar-refractivity contribution in [3.05, 3.63) is 214 Å². The largest absolute Gasteiger partial charge is 0.494 e. The van der Waals surface area contributed by atoms with Crippen LogP contribution in [0.1, 0.15) is 73.8 Å². The van der Waals surface area contributed by atoms with Gasteiger partial charge >= 0.3 is 0 Å². The van der Waals surface area contributed by atoms with E-state index >= 15 is 0 Å². The van der Waals surface area contributed by atoms with Gasteiger partial charge in [-0.25, -0.2) is 4.98 Å². The molecule has 0 unspecified atom stereocenters. The van der Waals surface area contributed by atoms with Gasteiger partial charge < -0.3 is 9.47 Å². The Labute approximate surface area is 309 Å². The minimum Gasteiger partial charge on any atom is -0.494 e. The normalized spacial score (nSPS) is 12.4. The smallest absolute Gasteiger partial charge is 0.211 e. The number of hydrogen-bond acceptors (Lipinski definition) is 5. The third-order valence-electron chi connectivity index (χ3n) is 10.0. The Morgan fingerprint density at radius 1 is 0.509 bits per heavy atom. The lowest BCUT2D eigenvalue weighted by molar-refractivity contribution is 0.103. The molecule has 0 atom stereocenters. The molecular weight excluding hydrogens is 655 g/mol. The molecule has 0 fully saturated rings. The van der Waals surface area contributed by atoms with Crippen molar-refractivity contribution in [1.29, 1.82) is 0 Å². The van der Waals surface area contributed by atoms with Crippen LogP contribution in [0.3, 0.4) is 0 Å². The summed E-state index contributed by atoms with van der Waals surface area (Å²) in [5.41, 5.74) is 9.24. The van der Waals surface area contributed by atoms with E-state index in [-0.39, 0.29) is 23.0 Å². The SMILES string of the molecule is CCOc1ccc(C2(c3ccc(Oc4ccc(C(=O)c5cccc(C(=O)c6ccc(CC)cc6)n5)cc4)cc3)c3ccccc3-c3ccccc32)cc1. The number of pyridine rings is 1. The summed E-state index contributed by atoms with van der Waals surface area (Å²) in [4.78, 5) is 31.0. The molecule has 7 aromatic rings. The van der Waals surface area contributed by atoms with E-state index in [1.807, 2.05) is 31.2 Å². The van der Waals surface area contributed by atoms with E-state index in [2.05, 4.69) is 96.8 Å². The van der Waals surface area contributed by atoms with Gasteiger partial charge in [-0.2, -0.15) is 0 Å². The number of ether oxygens (including phenoxy) is 2. The van der Waals surface area contributed by atoms with Crippen LogP contribution < -0.4 is 9.47 Å². The fourth-order valence-corrected chi connectivity index (χ4v) is 7.45. The average Bonchev–Trinajstić information content (AvgIpc) is 3.52. The highest BCUT2D eigenvalue weighted by atomic mass is 16.5. The van der Waals surface area contributed by atoms with Gasteiger partial charge in [-0.1, -0.05) is 110 Å². The molecule has 1 aromatic heterocycles. The Balaban J connectivity index is 1.05. The molecule has 1 aliphatic carbocycles. The van der Waals surface area contributed by atoms with Crippen LogP contribution in [-0.4, -0.2) is 23.2 Å². The van der Waals surface area contributed by atoms with Gasteiger partial charge in [0.2, 0.25) is 11.6 Å². The van der Waals surface area contributed by atoms with Crippen molar-refractivity contribution in [2.45, 2.75) is 25.7 Å². The van der Waals surface area contributed by atoms with Gasteiger partial charge in [0.15, 0.2) is 0 Å². The van der Waals surface area contributed by atoms with Gasteiger partial charge in [-0.05, 0) is 113 Å². The quantitative estimate of drug-likeness (QED) is 0.126. The van der Waals surface area contributed by atoms with E-state index in [0.717, 1.165) is 28.9 Å². The molecule has 8 rings (SSSR count). The van der Waals surface area contributed by atoms with E-state index in [0.29, 0.717) is 29.2 Å². The van der Waals surface area contributed by atoms with E-state index < -0.39 is 5.41 Å². The maximum absolute atomic E-state index is 13.4. The van der Waals surface area contributed by atoms with Crippen molar-refractivity contribution >= 4 is 11.6 Å². The molecule has 0 N–H and O–H groups in total. The zero-order chi connectivity index (χ0) is 36.4. The Hall–Kier alpha value is -6.59. The Morgan fingerprint density at radius 2 is 0.962 bits per heavy atom. The molecule has 258 valence electrons. The van der Waals surface area contributed by atoms with Crippen molar-refractivity contribution in [1.82, 2.24) is 4.98 Å². The molecule has 0 radical (unpaired) electrons. The molecule has 0 aliphatic heterocycles. The summed E-state index contributed by atoms with van der Waals surface area (Å²) in [6.07, 6.45) is 0.893. The van der Waals surface area contributed by atoms with Crippen molar-refractivity contribution in [3.8, 4) is 28.4 Å². The predicted octanol–water partition coefficient (Wildman–Crippen LogP) is 10.7. The number of aryl methyl sites for hydroxylation is 1. The first-order chi connectivity index (χ1) is 26.0. The summed E-state index contributed by atoms with van der Waals surface area (Å²) in [7, 11) is 0. The predicted molar refractivity (Wildman–Crippen MR) is 208 cm³/mol. The van der Waals surface area contributed by atoms with Crippen LogP contribution in [0, 0.1) is 0 Å². The van der Waals surface area contributed by atoms with Crippen LogP contribution in [0.15, 0.2) is 164 Å². The molecule has 1 aliphatic rings. The van der Waals surface area contributed by atoms with Crippen molar-refractivity contribution in [3.63, 3.8) is 0 Å². The number of rotatable bonds is 11. The standard InChI is InChI=1S/C48H37NO4/c1-3-32-16-18-33(19-17-32)46(50)44-14-9-15-45(49-44)47(51)34-20-26-38(27-21-34)53-39-30-24-36(25-31-39)48(35-22-28-37(29-23-35)52-4-2)42-12-7-5-10-40(42)41-11-6-8-13-43(41)48/h5-31H,3-4H2,1-2H3. The second-order valence-corrected chi connectivity index (χ2v) is 13.1. The molecule has 1 heterocycles. The molecule has 0 bridgehead atoms. The molecule has 6 aromatic carbocycles. The van der Waals surface area contributed by atoms with Crippen LogP contribution in [0.25, 0.3) is 11.1 Å². The van der Waals surface area contributed by atoms with E-state index in [1.165, 1.54) is 22.3 Å². The Morgan fingerprint density at radius 3 is 1.45 bits per heavy atom. The molecular formula is C48H37NO4. The average molecular weight is 692 g/mol. The minimum absolute atomic E-state index is 0.210. The number of nitrogens with zero attached hydrogens (tertiary/aromatic N) is 1. The van der Waals surface area contributed by atoms with Gasteiger partial charge in [0, 0.05) is 11.1 Å². The third-order valence-corrected chi connectivity index (χ3v) is 10.0. The monoisotopic (exact) mass is 691 g/mol. The van der Waals surface area contributed by atoms with Gasteiger partial charge in [-0.3, -0.25) is 9.59 Å². The summed E-state index contributed by atoms with van der Waals surface area (Å²) < 4.78 is 12.1. The summed E-state index contributed by atoms with van der Waals surface area (Å²) >= 11 is 0. The summed E-state index contributed by atoms with van der Waals surface area (Å²) in [5, 5.41) is 0. The van der Waals surface area contributed by atoms with Crippen LogP contribution >= 0.6 is 0 Å². The zero-order valence-corrected chi connectivity index (χ0v) is 29.6. The van der Waals surface area contributed by atoms with Gasteiger partial charge in [0.25, 0.3) is 0 Å². The molecule has 0 saturated carbocycles. The van der Waals surface area contributed by atoms with E-state index in [1.54, 1.807) is 54.6 Å². The first kappa shape index (κ1) is 33.5. The highest BCUT2D eigenvalue weighted by Crippen LogP contribution is 2.56. The van der Waals surface area contributed by atoms with Gasteiger partial charge in [0.1, 0.15) is 28.6 Å². The number of carbonyl (C=O) groups excluding carboxylic acids is 2. The van der Waals surface area contributed by atoms with Crippen LogP contribution in [0.5, 0.6) is 17.2 Å². The summed E-state index contributed by atoms with van der Waals surface area (Å²) in [5.74, 6) is 1.63. The Kier molecular flexibility index (Phi) is 8.99. The first-order valence-corrected chi connectivity index (χ1v) is 18.0. The summed E-state index contributed by atoms with van der Waals surface area (Å²) in [6, 6.07) is 53.4. The lowest BCUT2D eigenvalue weighted by Gasteiger charge is -2.34. The number of fused-ring (bicyclic) bond motifs is 3. The van der Waals surface area contributed by atoms with Crippen LogP contribution in [-0.2, 0) is 11.8 Å². The molecule has 5 nitrogen and oxygen atoms in total. The number of carbonyl (C=O) groups is 2. The second kappa shape index (κ2) is 14.2. The molecule has 0 saturated heterocycles. The first-order valence-electron chi connectivity index (χ1n) is 18.0. The van der Waals surface area contributed by atoms with Crippen molar-refractivity contribution in [2.75, 3.05) is 6.61 Å². The molecule has 0 amide bonds. The Bertz CT molecular complexity index is 2380. The lowest BCUT2D eigenvalue weighted by atomic mass is 9.68. The lowest BCUT2D eigenvalue weighted by Crippen LogP contribution is -2.28. The zero-order valence-electron chi connectivity index (χ0n) is 29.6. The fraction of sp³-hybridized carbons (Fsp3) is 0.104. The number of aromatic nitrogens is 1. The van der Waals surface area contributed by atoms with Gasteiger partial charge in [0.05, 0.1) is 12.0 Å². The topological polar surface area (TPSA) is 65.5 Å². The van der Waals surface area contributed by atoms with Crippen molar-refractivity contribution < 1.29 is 19.1 Å². The number of ketones is 2.